The fourth-order valence-electron chi connectivity index (χ4n) is 3.80. The van der Waals surface area contributed by atoms with Crippen molar-refractivity contribution >= 4 is 16.8 Å². The van der Waals surface area contributed by atoms with E-state index in [0.717, 1.165) is 18.5 Å². The van der Waals surface area contributed by atoms with E-state index in [-0.39, 0.29) is 5.91 Å². The van der Waals surface area contributed by atoms with Gasteiger partial charge in [-0.1, -0.05) is 32.9 Å². The number of para-hydroxylation sites is 1. The van der Waals surface area contributed by atoms with Gasteiger partial charge < -0.3 is 10.3 Å². The van der Waals surface area contributed by atoms with Gasteiger partial charge in [-0.25, -0.2) is 0 Å². The van der Waals surface area contributed by atoms with Gasteiger partial charge in [-0.05, 0) is 42.7 Å². The van der Waals surface area contributed by atoms with Crippen molar-refractivity contribution in [3.8, 4) is 0 Å². The molecule has 3 nitrogen and oxygen atoms in total. The Bertz CT molecular complexity index is 697. The van der Waals surface area contributed by atoms with Crippen molar-refractivity contribution in [2.45, 2.75) is 52.5 Å². The topological polar surface area (TPSA) is 48.0 Å². The van der Waals surface area contributed by atoms with Crippen molar-refractivity contribution in [1.29, 1.82) is 0 Å². The lowest BCUT2D eigenvalue weighted by Crippen LogP contribution is -2.17. The van der Waals surface area contributed by atoms with Gasteiger partial charge in [-0.2, -0.15) is 0 Å². The summed E-state index contributed by atoms with van der Waals surface area (Å²) in [5, 5.41) is 1.23. The molecule has 2 N–H and O–H groups in total. The first-order valence-corrected chi connectivity index (χ1v) is 7.94. The number of aromatic nitrogens is 1. The predicted molar refractivity (Wildman–Crippen MR) is 86.6 cm³/mol. The Morgan fingerprint density at radius 2 is 2.19 bits per heavy atom. The minimum atomic E-state index is -0.326. The summed E-state index contributed by atoms with van der Waals surface area (Å²) in [6, 6.07) is 5.97. The molecule has 1 atom stereocenters. The fraction of sp³-hybridized carbons (Fsp3) is 0.500. The third-order valence-corrected chi connectivity index (χ3v) is 4.57. The van der Waals surface area contributed by atoms with Gasteiger partial charge in [0.2, 0.25) is 0 Å². The number of fused-ring (bicyclic) bond motifs is 3. The average molecular weight is 284 g/mol. The van der Waals surface area contributed by atoms with Crippen molar-refractivity contribution in [3.63, 3.8) is 0 Å². The van der Waals surface area contributed by atoms with Crippen LogP contribution < -0.4 is 5.73 Å². The number of aryl methyl sites for hydroxylation is 1. The van der Waals surface area contributed by atoms with Crippen LogP contribution in [0.25, 0.3) is 10.9 Å². The van der Waals surface area contributed by atoms with Gasteiger partial charge in [0.1, 0.15) is 0 Å². The Morgan fingerprint density at radius 1 is 1.43 bits per heavy atom. The standard InChI is InChI=1S/C18H24N2O/c1-11(2)10-20-16-12(3)6-4-7-13(16)14-8-5-9-15(17(14)20)18(19)21/h5,8-9,11-12H,4,6-7,10H2,1-3H3,(H2,19,21). The Balaban J connectivity index is 2.37. The van der Waals surface area contributed by atoms with Gasteiger partial charge >= 0.3 is 0 Å². The summed E-state index contributed by atoms with van der Waals surface area (Å²) in [5.41, 5.74) is 10.2. The number of carbonyl (C=O) groups is 1. The summed E-state index contributed by atoms with van der Waals surface area (Å²) >= 11 is 0. The number of nitrogens with zero attached hydrogens (tertiary/aromatic N) is 1. The quantitative estimate of drug-likeness (QED) is 0.914. The van der Waals surface area contributed by atoms with Crippen molar-refractivity contribution in [2.75, 3.05) is 0 Å². The second kappa shape index (κ2) is 5.21. The third-order valence-electron chi connectivity index (χ3n) is 4.57. The zero-order valence-corrected chi connectivity index (χ0v) is 13.1. The molecule has 0 spiro atoms. The molecule has 3 heteroatoms. The third kappa shape index (κ3) is 2.25. The molecular formula is C18H24N2O. The molecule has 112 valence electrons. The van der Waals surface area contributed by atoms with Crippen LogP contribution in [0.2, 0.25) is 0 Å². The Morgan fingerprint density at radius 3 is 2.86 bits per heavy atom. The first-order valence-electron chi connectivity index (χ1n) is 7.94. The van der Waals surface area contributed by atoms with Crippen LogP contribution in [-0.4, -0.2) is 10.5 Å². The number of amides is 1. The molecule has 1 aliphatic carbocycles. The summed E-state index contributed by atoms with van der Waals surface area (Å²) in [6.45, 7) is 7.69. The van der Waals surface area contributed by atoms with Gasteiger partial charge in [0, 0.05) is 17.6 Å². The summed E-state index contributed by atoms with van der Waals surface area (Å²) in [7, 11) is 0. The predicted octanol–water partition coefficient (Wildman–Crippen LogP) is 3.84. The molecule has 1 aliphatic rings. The molecule has 1 aromatic heterocycles. The lowest BCUT2D eigenvalue weighted by molar-refractivity contribution is 0.100. The Hall–Kier alpha value is -1.77. The highest BCUT2D eigenvalue weighted by Crippen LogP contribution is 2.39. The summed E-state index contributed by atoms with van der Waals surface area (Å²) in [4.78, 5) is 11.9. The van der Waals surface area contributed by atoms with Crippen molar-refractivity contribution in [3.05, 3.63) is 35.0 Å². The van der Waals surface area contributed by atoms with E-state index >= 15 is 0 Å². The minimum Gasteiger partial charge on any atom is -0.366 e. The maximum absolute atomic E-state index is 11.9. The number of primary amides is 1. The van der Waals surface area contributed by atoms with E-state index in [1.807, 2.05) is 12.1 Å². The summed E-state index contributed by atoms with van der Waals surface area (Å²) < 4.78 is 2.37. The van der Waals surface area contributed by atoms with Crippen LogP contribution in [0.5, 0.6) is 0 Å². The monoisotopic (exact) mass is 284 g/mol. The molecule has 21 heavy (non-hydrogen) atoms. The van der Waals surface area contributed by atoms with Gasteiger partial charge in [0.25, 0.3) is 5.91 Å². The normalized spacial score (nSPS) is 18.2. The molecule has 0 aliphatic heterocycles. The number of nitrogens with two attached hydrogens (primary N) is 1. The smallest absolute Gasteiger partial charge is 0.250 e. The lowest BCUT2D eigenvalue weighted by Gasteiger charge is -2.23. The van der Waals surface area contributed by atoms with Gasteiger partial charge in [-0.15, -0.1) is 0 Å². The number of hydrogen-bond donors (Lipinski definition) is 1. The largest absolute Gasteiger partial charge is 0.366 e. The van der Waals surface area contributed by atoms with E-state index in [4.69, 9.17) is 5.73 Å². The highest BCUT2D eigenvalue weighted by molar-refractivity contribution is 6.06. The highest BCUT2D eigenvalue weighted by Gasteiger charge is 2.27. The molecular weight excluding hydrogens is 260 g/mol. The molecule has 0 bridgehead atoms. The van der Waals surface area contributed by atoms with Crippen LogP contribution >= 0.6 is 0 Å². The molecule has 0 fully saturated rings. The average Bonchev–Trinajstić information content (AvgIpc) is 2.74. The van der Waals surface area contributed by atoms with Gasteiger partial charge in [0.15, 0.2) is 0 Å². The highest BCUT2D eigenvalue weighted by atomic mass is 16.1. The number of rotatable bonds is 3. The second-order valence-electron chi connectivity index (χ2n) is 6.73. The molecule has 3 rings (SSSR count). The molecule has 2 aromatic rings. The minimum absolute atomic E-state index is 0.326. The van der Waals surface area contributed by atoms with E-state index < -0.39 is 0 Å². The van der Waals surface area contributed by atoms with E-state index in [2.05, 4.69) is 31.4 Å². The number of benzene rings is 1. The molecule has 0 saturated heterocycles. The molecule has 1 unspecified atom stereocenters. The van der Waals surface area contributed by atoms with E-state index in [1.54, 1.807) is 0 Å². The molecule has 1 heterocycles. The molecule has 0 saturated carbocycles. The second-order valence-corrected chi connectivity index (χ2v) is 6.73. The fourth-order valence-corrected chi connectivity index (χ4v) is 3.80. The first kappa shape index (κ1) is 14.2. The van der Waals surface area contributed by atoms with Gasteiger partial charge in [0.05, 0.1) is 11.1 Å². The van der Waals surface area contributed by atoms with Crippen LogP contribution in [0.1, 0.15) is 61.1 Å². The van der Waals surface area contributed by atoms with Crippen LogP contribution in [-0.2, 0) is 13.0 Å². The van der Waals surface area contributed by atoms with Crippen molar-refractivity contribution in [2.24, 2.45) is 11.7 Å². The SMILES string of the molecule is CC(C)Cn1c2c(c3cccc(C(N)=O)c31)CCCC2C. The van der Waals surface area contributed by atoms with Crippen LogP contribution in [0.3, 0.4) is 0 Å². The molecule has 0 radical (unpaired) electrons. The van der Waals surface area contributed by atoms with E-state index in [9.17, 15) is 4.79 Å². The lowest BCUT2D eigenvalue weighted by atomic mass is 9.88. The first-order chi connectivity index (χ1) is 10.0. The number of carbonyl (C=O) groups excluding carboxylic acids is 1. The van der Waals surface area contributed by atoms with Gasteiger partial charge in [-0.3, -0.25) is 4.79 Å². The molecule has 1 aromatic carbocycles. The van der Waals surface area contributed by atoms with Crippen LogP contribution in [0.15, 0.2) is 18.2 Å². The maximum atomic E-state index is 11.9. The maximum Gasteiger partial charge on any atom is 0.250 e. The summed E-state index contributed by atoms with van der Waals surface area (Å²) in [6.07, 6.45) is 3.58. The van der Waals surface area contributed by atoms with Crippen molar-refractivity contribution in [1.82, 2.24) is 4.57 Å². The summed E-state index contributed by atoms with van der Waals surface area (Å²) in [5.74, 6) is 0.772. The Labute approximate surface area is 126 Å². The van der Waals surface area contributed by atoms with Crippen LogP contribution in [0.4, 0.5) is 0 Å². The number of hydrogen-bond acceptors (Lipinski definition) is 1. The zero-order chi connectivity index (χ0) is 15.1. The zero-order valence-electron chi connectivity index (χ0n) is 13.1. The van der Waals surface area contributed by atoms with Crippen molar-refractivity contribution < 1.29 is 4.79 Å². The van der Waals surface area contributed by atoms with Crippen LogP contribution in [0, 0.1) is 5.92 Å². The van der Waals surface area contributed by atoms with E-state index in [0.29, 0.717) is 17.4 Å². The Kier molecular flexibility index (Phi) is 3.52. The van der Waals surface area contributed by atoms with E-state index in [1.165, 1.54) is 29.5 Å². The molecule has 1 amide bonds.